The average Bonchev–Trinajstić information content (AvgIpc) is 2.45. The number of hydrogen-bond acceptors (Lipinski definition) is 3. The van der Waals surface area contributed by atoms with E-state index >= 15 is 0 Å². The standard InChI is InChI=1S/C19H32O4/c1-5-12-19(4,23-18(22)11-10-17(20)21)16-8-6-15(7-9-16)13-14(2)3/h10-11,14-16H,5-9,12-13H2,1-4H3,(H,20,21)/b11-10+. The van der Waals surface area contributed by atoms with Gasteiger partial charge in [0.25, 0.3) is 0 Å². The minimum atomic E-state index is -1.13. The van der Waals surface area contributed by atoms with Crippen LogP contribution in [0.2, 0.25) is 0 Å². The van der Waals surface area contributed by atoms with Gasteiger partial charge < -0.3 is 9.84 Å². The van der Waals surface area contributed by atoms with Gasteiger partial charge in [0, 0.05) is 12.2 Å². The van der Waals surface area contributed by atoms with E-state index in [4.69, 9.17) is 9.84 Å². The second-order valence-electron chi connectivity index (χ2n) is 7.50. The second-order valence-corrected chi connectivity index (χ2v) is 7.50. The Bertz CT molecular complexity index is 419. The molecule has 4 heteroatoms. The predicted octanol–water partition coefficient (Wildman–Crippen LogP) is 4.58. The van der Waals surface area contributed by atoms with E-state index in [9.17, 15) is 9.59 Å². The van der Waals surface area contributed by atoms with Gasteiger partial charge in [-0.2, -0.15) is 0 Å². The molecule has 1 aliphatic carbocycles. The molecule has 1 unspecified atom stereocenters. The molecule has 4 nitrogen and oxygen atoms in total. The first-order valence-electron chi connectivity index (χ1n) is 8.90. The number of esters is 1. The lowest BCUT2D eigenvalue weighted by molar-refractivity contribution is -0.161. The van der Waals surface area contributed by atoms with Crippen LogP contribution in [0.4, 0.5) is 0 Å². The fraction of sp³-hybridized carbons (Fsp3) is 0.789. The van der Waals surface area contributed by atoms with Crippen LogP contribution in [0.3, 0.4) is 0 Å². The van der Waals surface area contributed by atoms with Crippen LogP contribution in [-0.2, 0) is 14.3 Å². The molecule has 0 aromatic rings. The van der Waals surface area contributed by atoms with Crippen molar-refractivity contribution in [1.29, 1.82) is 0 Å². The van der Waals surface area contributed by atoms with Crippen LogP contribution in [0.15, 0.2) is 12.2 Å². The van der Waals surface area contributed by atoms with Crippen molar-refractivity contribution in [1.82, 2.24) is 0 Å². The highest BCUT2D eigenvalue weighted by atomic mass is 16.6. The lowest BCUT2D eigenvalue weighted by atomic mass is 9.71. The predicted molar refractivity (Wildman–Crippen MR) is 91.1 cm³/mol. The largest absolute Gasteiger partial charge is 0.478 e. The summed E-state index contributed by atoms with van der Waals surface area (Å²) in [5, 5.41) is 8.62. The molecular formula is C19H32O4. The van der Waals surface area contributed by atoms with Crippen LogP contribution in [0.1, 0.15) is 72.6 Å². The molecule has 0 heterocycles. The van der Waals surface area contributed by atoms with Gasteiger partial charge in [-0.05, 0) is 50.4 Å². The van der Waals surface area contributed by atoms with Crippen LogP contribution < -0.4 is 0 Å². The number of carboxylic acids is 1. The van der Waals surface area contributed by atoms with Gasteiger partial charge in [-0.15, -0.1) is 0 Å². The zero-order chi connectivity index (χ0) is 17.5. The molecule has 132 valence electrons. The van der Waals surface area contributed by atoms with Crippen molar-refractivity contribution in [3.8, 4) is 0 Å². The molecule has 1 saturated carbocycles. The smallest absolute Gasteiger partial charge is 0.331 e. The van der Waals surface area contributed by atoms with Crippen LogP contribution in [0, 0.1) is 17.8 Å². The Morgan fingerprint density at radius 2 is 1.83 bits per heavy atom. The Morgan fingerprint density at radius 1 is 1.22 bits per heavy atom. The van der Waals surface area contributed by atoms with Crippen molar-refractivity contribution in [2.24, 2.45) is 17.8 Å². The molecule has 1 fully saturated rings. The monoisotopic (exact) mass is 324 g/mol. The molecule has 0 radical (unpaired) electrons. The third-order valence-electron chi connectivity index (χ3n) is 4.96. The molecule has 1 N–H and O–H groups in total. The van der Waals surface area contributed by atoms with Gasteiger partial charge in [0.05, 0.1) is 0 Å². The van der Waals surface area contributed by atoms with E-state index in [1.54, 1.807) is 0 Å². The zero-order valence-corrected chi connectivity index (χ0v) is 15.0. The second kappa shape index (κ2) is 9.09. The van der Waals surface area contributed by atoms with Gasteiger partial charge in [-0.3, -0.25) is 0 Å². The van der Waals surface area contributed by atoms with Crippen molar-refractivity contribution in [2.75, 3.05) is 0 Å². The minimum absolute atomic E-state index is 0.369. The molecule has 0 amide bonds. The lowest BCUT2D eigenvalue weighted by Gasteiger charge is -2.41. The summed E-state index contributed by atoms with van der Waals surface area (Å²) in [6.07, 6.45) is 9.47. The molecule has 0 saturated heterocycles. The van der Waals surface area contributed by atoms with Crippen molar-refractivity contribution in [2.45, 2.75) is 78.2 Å². The van der Waals surface area contributed by atoms with E-state index < -0.39 is 17.5 Å². The highest BCUT2D eigenvalue weighted by Gasteiger charge is 2.39. The molecular weight excluding hydrogens is 292 g/mol. The topological polar surface area (TPSA) is 63.6 Å². The maximum Gasteiger partial charge on any atom is 0.331 e. The van der Waals surface area contributed by atoms with Gasteiger partial charge in [0.1, 0.15) is 5.60 Å². The number of carbonyl (C=O) groups is 2. The van der Waals surface area contributed by atoms with Crippen molar-refractivity contribution in [3.63, 3.8) is 0 Å². The zero-order valence-electron chi connectivity index (χ0n) is 15.0. The number of rotatable bonds is 8. The normalized spacial score (nSPS) is 24.6. The molecule has 1 rings (SSSR count). The van der Waals surface area contributed by atoms with Gasteiger partial charge in [0.2, 0.25) is 0 Å². The van der Waals surface area contributed by atoms with E-state index in [0.29, 0.717) is 5.92 Å². The van der Waals surface area contributed by atoms with Gasteiger partial charge >= 0.3 is 11.9 Å². The van der Waals surface area contributed by atoms with Crippen molar-refractivity contribution < 1.29 is 19.4 Å². The first-order valence-corrected chi connectivity index (χ1v) is 8.90. The fourth-order valence-electron chi connectivity index (χ4n) is 3.91. The summed E-state index contributed by atoms with van der Waals surface area (Å²) in [6.45, 7) is 8.63. The molecule has 1 aliphatic rings. The molecule has 0 spiro atoms. The summed E-state index contributed by atoms with van der Waals surface area (Å²) in [6, 6.07) is 0. The van der Waals surface area contributed by atoms with Crippen LogP contribution in [0.5, 0.6) is 0 Å². The Hall–Kier alpha value is -1.32. The first-order chi connectivity index (χ1) is 10.8. The number of ether oxygens (including phenoxy) is 1. The fourth-order valence-corrected chi connectivity index (χ4v) is 3.91. The van der Waals surface area contributed by atoms with Crippen molar-refractivity contribution >= 4 is 11.9 Å². The minimum Gasteiger partial charge on any atom is -0.478 e. The maximum atomic E-state index is 11.9. The van der Waals surface area contributed by atoms with Crippen molar-refractivity contribution in [3.05, 3.63) is 12.2 Å². The highest BCUT2D eigenvalue weighted by molar-refractivity contribution is 5.90. The molecule has 23 heavy (non-hydrogen) atoms. The van der Waals surface area contributed by atoms with E-state index in [0.717, 1.165) is 49.7 Å². The Morgan fingerprint density at radius 3 is 2.30 bits per heavy atom. The number of carboxylic acid groups (broad SMARTS) is 1. The van der Waals surface area contributed by atoms with E-state index in [1.807, 2.05) is 6.92 Å². The highest BCUT2D eigenvalue weighted by Crippen LogP contribution is 2.41. The Labute approximate surface area is 140 Å². The molecule has 0 aromatic carbocycles. The number of carbonyl (C=O) groups excluding carboxylic acids is 1. The summed E-state index contributed by atoms with van der Waals surface area (Å²) in [5.74, 6) is 0.214. The summed E-state index contributed by atoms with van der Waals surface area (Å²) < 4.78 is 5.70. The maximum absolute atomic E-state index is 11.9. The van der Waals surface area contributed by atoms with Gasteiger partial charge in [-0.1, -0.05) is 40.0 Å². The van der Waals surface area contributed by atoms with Crippen LogP contribution >= 0.6 is 0 Å². The number of aliphatic carboxylic acids is 1. The molecule has 1 atom stereocenters. The summed E-state index contributed by atoms with van der Waals surface area (Å²) in [4.78, 5) is 22.4. The number of hydrogen-bond donors (Lipinski definition) is 1. The first kappa shape index (κ1) is 19.7. The quantitative estimate of drug-likeness (QED) is 0.524. The SMILES string of the molecule is CCCC(C)(OC(=O)/C=C/C(=O)O)C1CCC(CC(C)C)CC1. The van der Waals surface area contributed by atoms with E-state index in [1.165, 1.54) is 19.3 Å². The molecule has 0 aliphatic heterocycles. The Kier molecular flexibility index (Phi) is 7.80. The van der Waals surface area contributed by atoms with Gasteiger partial charge in [-0.25, -0.2) is 9.59 Å². The lowest BCUT2D eigenvalue weighted by Crippen LogP contribution is -2.41. The molecule has 0 aromatic heterocycles. The van der Waals surface area contributed by atoms with E-state index in [2.05, 4.69) is 20.8 Å². The van der Waals surface area contributed by atoms with Crippen LogP contribution in [-0.4, -0.2) is 22.6 Å². The third-order valence-corrected chi connectivity index (χ3v) is 4.96. The average molecular weight is 324 g/mol. The van der Waals surface area contributed by atoms with Crippen LogP contribution in [0.25, 0.3) is 0 Å². The van der Waals surface area contributed by atoms with E-state index in [-0.39, 0.29) is 0 Å². The molecule has 0 bridgehead atoms. The van der Waals surface area contributed by atoms with Gasteiger partial charge in [0.15, 0.2) is 0 Å². The summed E-state index contributed by atoms with van der Waals surface area (Å²) in [7, 11) is 0. The third kappa shape index (κ3) is 6.76. The summed E-state index contributed by atoms with van der Waals surface area (Å²) in [5.41, 5.74) is -0.489. The summed E-state index contributed by atoms with van der Waals surface area (Å²) >= 11 is 0. The Balaban J connectivity index is 2.66.